The normalized spacial score (nSPS) is 14.2. The van der Waals surface area contributed by atoms with Crippen LogP contribution >= 0.6 is 11.3 Å². The fraction of sp³-hybridized carbons (Fsp3) is 0.0769. The molecular weight excluding hydrogens is 276 g/mol. The first-order valence-corrected chi connectivity index (χ1v) is 6.64. The van der Waals surface area contributed by atoms with Crippen LogP contribution in [-0.4, -0.2) is 20.4 Å². The van der Waals surface area contributed by atoms with Gasteiger partial charge in [0.25, 0.3) is 5.56 Å². The molecule has 1 aliphatic carbocycles. The maximum atomic E-state index is 12.0. The van der Waals surface area contributed by atoms with E-state index in [1.165, 1.54) is 28.0 Å². The summed E-state index contributed by atoms with van der Waals surface area (Å²) >= 11 is 1.30. The number of fused-ring (bicyclic) bond motifs is 1. The number of nitrogens with zero attached hydrogens (tertiary/aromatic N) is 3. The summed E-state index contributed by atoms with van der Waals surface area (Å²) in [5.41, 5.74) is 6.56. The molecule has 0 amide bonds. The predicted molar refractivity (Wildman–Crippen MR) is 77.5 cm³/mol. The third kappa shape index (κ3) is 2.08. The van der Waals surface area contributed by atoms with Gasteiger partial charge in [-0.25, -0.2) is 0 Å². The Balaban J connectivity index is 2.19. The molecule has 0 spiro atoms. The second kappa shape index (κ2) is 4.53. The van der Waals surface area contributed by atoms with Crippen LogP contribution in [0.1, 0.15) is 10.6 Å². The molecule has 0 saturated carbocycles. The third-order valence-corrected chi connectivity index (χ3v) is 3.61. The monoisotopic (exact) mass is 286 g/mol. The number of nitrogens with two attached hydrogens (primary N) is 1. The van der Waals surface area contributed by atoms with Crippen molar-refractivity contribution < 1.29 is 4.79 Å². The molecule has 0 aliphatic heterocycles. The Morgan fingerprint density at radius 1 is 1.25 bits per heavy atom. The molecule has 1 aliphatic rings. The summed E-state index contributed by atoms with van der Waals surface area (Å²) in [6.07, 6.45) is 7.72. The molecule has 0 fully saturated rings. The molecule has 0 bridgehead atoms. The molecular formula is C13H10N4O2S. The average Bonchev–Trinajstić information content (AvgIpc) is 2.77. The summed E-state index contributed by atoms with van der Waals surface area (Å²) in [6.45, 7) is 1.82. The summed E-state index contributed by atoms with van der Waals surface area (Å²) in [4.78, 5) is 27.5. The lowest BCUT2D eigenvalue weighted by molar-refractivity contribution is -0.110. The van der Waals surface area contributed by atoms with E-state index < -0.39 is 5.56 Å². The molecule has 2 aromatic heterocycles. The number of carbonyl (C=O) groups is 1. The first kappa shape index (κ1) is 12.5. The molecule has 20 heavy (non-hydrogen) atoms. The molecule has 0 radical (unpaired) electrons. The van der Waals surface area contributed by atoms with Crippen LogP contribution in [0.2, 0.25) is 0 Å². The highest BCUT2D eigenvalue weighted by Crippen LogP contribution is 2.18. The fourth-order valence-electron chi connectivity index (χ4n) is 1.84. The van der Waals surface area contributed by atoms with Crippen LogP contribution in [0, 0.1) is 6.92 Å². The van der Waals surface area contributed by atoms with Gasteiger partial charge in [0.1, 0.15) is 10.8 Å². The lowest BCUT2D eigenvalue weighted by atomic mass is 10.1. The Bertz CT molecular complexity index is 852. The standard InChI is InChI=1S/C13H10N4O2S/c1-7-16-17-11(14)10(12(19)15-13(17)20-7)6-8-2-4-9(18)5-3-8/h2-6H,14H2,1H3. The van der Waals surface area contributed by atoms with Crippen LogP contribution in [0.3, 0.4) is 0 Å². The zero-order valence-corrected chi connectivity index (χ0v) is 11.3. The van der Waals surface area contributed by atoms with Crippen molar-refractivity contribution in [3.05, 3.63) is 50.8 Å². The Morgan fingerprint density at radius 3 is 2.65 bits per heavy atom. The smallest absolute Gasteiger partial charge is 0.283 e. The number of aromatic nitrogens is 3. The summed E-state index contributed by atoms with van der Waals surface area (Å²) in [5.74, 6) is 0.158. The molecule has 7 heteroatoms. The molecule has 2 N–H and O–H groups in total. The van der Waals surface area contributed by atoms with E-state index in [1.807, 2.05) is 6.92 Å². The zero-order valence-electron chi connectivity index (χ0n) is 10.5. The van der Waals surface area contributed by atoms with Gasteiger partial charge >= 0.3 is 0 Å². The Kier molecular flexibility index (Phi) is 2.83. The maximum Gasteiger partial charge on any atom is 0.283 e. The molecule has 6 nitrogen and oxygen atoms in total. The van der Waals surface area contributed by atoms with E-state index >= 15 is 0 Å². The average molecular weight is 286 g/mol. The van der Waals surface area contributed by atoms with E-state index in [0.29, 0.717) is 10.5 Å². The van der Waals surface area contributed by atoms with Crippen LogP contribution < -0.4 is 11.3 Å². The van der Waals surface area contributed by atoms with Gasteiger partial charge in [-0.3, -0.25) is 9.59 Å². The molecule has 2 aromatic rings. The highest BCUT2D eigenvalue weighted by Gasteiger charge is 2.12. The lowest BCUT2D eigenvalue weighted by Gasteiger charge is -2.03. The second-order valence-electron chi connectivity index (χ2n) is 4.24. The van der Waals surface area contributed by atoms with Gasteiger partial charge in [-0.05, 0) is 30.7 Å². The maximum absolute atomic E-state index is 12.0. The lowest BCUT2D eigenvalue weighted by Crippen LogP contribution is -2.16. The summed E-state index contributed by atoms with van der Waals surface area (Å²) in [5, 5.41) is 4.98. The van der Waals surface area contributed by atoms with Crippen molar-refractivity contribution in [3.63, 3.8) is 0 Å². The van der Waals surface area contributed by atoms with Gasteiger partial charge < -0.3 is 5.73 Å². The van der Waals surface area contributed by atoms with Gasteiger partial charge in [-0.2, -0.15) is 14.6 Å². The van der Waals surface area contributed by atoms with Crippen molar-refractivity contribution >= 4 is 34.0 Å². The Hall–Kier alpha value is -2.54. The number of nitrogen functional groups attached to an aromatic ring is 1. The fourth-order valence-corrected chi connectivity index (χ4v) is 2.58. The number of rotatable bonds is 1. The third-order valence-electron chi connectivity index (χ3n) is 2.78. The van der Waals surface area contributed by atoms with Gasteiger partial charge in [0.2, 0.25) is 4.96 Å². The number of aryl methyl sites for hydroxylation is 1. The molecule has 0 aromatic carbocycles. The van der Waals surface area contributed by atoms with Crippen LogP contribution in [-0.2, 0) is 4.79 Å². The molecule has 0 unspecified atom stereocenters. The zero-order chi connectivity index (χ0) is 14.3. The Morgan fingerprint density at radius 2 is 1.95 bits per heavy atom. The Labute approximate surface area is 117 Å². The molecule has 100 valence electrons. The molecule has 0 atom stereocenters. The van der Waals surface area contributed by atoms with Crippen molar-refractivity contribution in [2.45, 2.75) is 6.92 Å². The van der Waals surface area contributed by atoms with Gasteiger partial charge in [0.05, 0.1) is 5.56 Å². The largest absolute Gasteiger partial charge is 0.383 e. The highest BCUT2D eigenvalue weighted by atomic mass is 32.1. The minimum Gasteiger partial charge on any atom is -0.383 e. The number of hydrogen-bond acceptors (Lipinski definition) is 6. The first-order valence-electron chi connectivity index (χ1n) is 5.82. The number of carbonyl (C=O) groups excluding carboxylic acids is 1. The topological polar surface area (TPSA) is 90.4 Å². The van der Waals surface area contributed by atoms with Crippen molar-refractivity contribution in [2.75, 3.05) is 5.73 Å². The SMILES string of the molecule is Cc1nn2c(N)c(C=C3C=CC(=O)C=C3)c(=O)nc2s1. The number of ketones is 1. The first-order chi connectivity index (χ1) is 9.54. The summed E-state index contributed by atoms with van der Waals surface area (Å²) < 4.78 is 1.45. The number of hydrogen-bond donors (Lipinski definition) is 1. The van der Waals surface area contributed by atoms with Crippen LogP contribution in [0.15, 0.2) is 34.7 Å². The summed E-state index contributed by atoms with van der Waals surface area (Å²) in [7, 11) is 0. The highest BCUT2D eigenvalue weighted by molar-refractivity contribution is 7.16. The van der Waals surface area contributed by atoms with Crippen molar-refractivity contribution in [1.82, 2.24) is 14.6 Å². The van der Waals surface area contributed by atoms with E-state index in [0.717, 1.165) is 5.01 Å². The van der Waals surface area contributed by atoms with E-state index in [1.54, 1.807) is 18.2 Å². The van der Waals surface area contributed by atoms with Crippen LogP contribution in [0.5, 0.6) is 0 Å². The van der Waals surface area contributed by atoms with Gasteiger partial charge in [0.15, 0.2) is 5.78 Å². The van der Waals surface area contributed by atoms with E-state index in [-0.39, 0.29) is 17.2 Å². The minimum absolute atomic E-state index is 0.0875. The van der Waals surface area contributed by atoms with Gasteiger partial charge in [0, 0.05) is 0 Å². The molecule has 0 saturated heterocycles. The quantitative estimate of drug-likeness (QED) is 0.848. The molecule has 3 rings (SSSR count). The minimum atomic E-state index is -0.405. The molecule has 2 heterocycles. The van der Waals surface area contributed by atoms with Crippen molar-refractivity contribution in [1.29, 1.82) is 0 Å². The van der Waals surface area contributed by atoms with Crippen LogP contribution in [0.25, 0.3) is 11.0 Å². The van der Waals surface area contributed by atoms with Gasteiger partial charge in [-0.1, -0.05) is 23.5 Å². The van der Waals surface area contributed by atoms with Gasteiger partial charge in [-0.15, -0.1) is 0 Å². The summed E-state index contributed by atoms with van der Waals surface area (Å²) in [6, 6.07) is 0. The van der Waals surface area contributed by atoms with E-state index in [2.05, 4.69) is 10.1 Å². The number of allylic oxidation sites excluding steroid dienone is 5. The van der Waals surface area contributed by atoms with Crippen LogP contribution in [0.4, 0.5) is 5.82 Å². The van der Waals surface area contributed by atoms with Crippen molar-refractivity contribution in [2.24, 2.45) is 0 Å². The van der Waals surface area contributed by atoms with E-state index in [4.69, 9.17) is 5.73 Å². The second-order valence-corrected chi connectivity index (χ2v) is 5.40. The predicted octanol–water partition coefficient (Wildman–Crippen LogP) is 1.12. The number of anilines is 1. The van der Waals surface area contributed by atoms with Crippen molar-refractivity contribution in [3.8, 4) is 0 Å². The van der Waals surface area contributed by atoms with E-state index in [9.17, 15) is 9.59 Å².